The molecule has 0 radical (unpaired) electrons. The molecule has 5 nitrogen and oxygen atoms in total. The summed E-state index contributed by atoms with van der Waals surface area (Å²) < 4.78 is 4.99. The van der Waals surface area contributed by atoms with Crippen molar-refractivity contribution < 1.29 is 14.3 Å². The number of hydrogen-bond donors (Lipinski definition) is 2. The van der Waals surface area contributed by atoms with Crippen LogP contribution in [0.25, 0.3) is 0 Å². The monoisotopic (exact) mass is 244 g/mol. The Morgan fingerprint density at radius 2 is 1.29 bits per heavy atom. The highest BCUT2D eigenvalue weighted by Gasteiger charge is 2.03. The van der Waals surface area contributed by atoms with E-state index in [1.165, 1.54) is 0 Å². The molecule has 0 aromatic heterocycles. The molecule has 0 saturated heterocycles. The molecule has 0 aliphatic heterocycles. The summed E-state index contributed by atoms with van der Waals surface area (Å²) in [5.41, 5.74) is 0. The van der Waals surface area contributed by atoms with Crippen molar-refractivity contribution in [2.24, 2.45) is 0 Å². The Kier molecular flexibility index (Phi) is 10.7. The first-order valence-corrected chi connectivity index (χ1v) is 6.31. The average Bonchev–Trinajstić information content (AvgIpc) is 2.30. The normalized spacial score (nSPS) is 10.0. The summed E-state index contributed by atoms with van der Waals surface area (Å²) in [7, 11) is 0. The van der Waals surface area contributed by atoms with Crippen LogP contribution in [-0.4, -0.2) is 38.1 Å². The minimum absolute atomic E-state index is 0.0507. The lowest BCUT2D eigenvalue weighted by Gasteiger charge is -2.06. The molecule has 0 heterocycles. The fourth-order valence-corrected chi connectivity index (χ4v) is 1.15. The molecule has 0 unspecified atom stereocenters. The minimum atomic E-state index is -0.167. The van der Waals surface area contributed by atoms with Crippen molar-refractivity contribution in [3.05, 3.63) is 0 Å². The number of nitrogens with one attached hydrogen (secondary N) is 2. The van der Waals surface area contributed by atoms with Crippen molar-refractivity contribution in [1.82, 2.24) is 10.6 Å². The number of ether oxygens (including phenoxy) is 1. The van der Waals surface area contributed by atoms with E-state index in [0.29, 0.717) is 13.1 Å². The number of carbonyl (C=O) groups is 2. The van der Waals surface area contributed by atoms with Crippen molar-refractivity contribution in [2.45, 2.75) is 39.5 Å². The van der Waals surface area contributed by atoms with Crippen LogP contribution < -0.4 is 10.6 Å². The molecule has 5 heteroatoms. The van der Waals surface area contributed by atoms with E-state index in [4.69, 9.17) is 4.74 Å². The van der Waals surface area contributed by atoms with Gasteiger partial charge in [-0.2, -0.15) is 0 Å². The Morgan fingerprint density at radius 3 is 1.65 bits per heavy atom. The lowest BCUT2D eigenvalue weighted by atomic mass is 10.3. The van der Waals surface area contributed by atoms with Crippen LogP contribution in [0.1, 0.15) is 39.5 Å². The van der Waals surface area contributed by atoms with Gasteiger partial charge < -0.3 is 15.4 Å². The van der Waals surface area contributed by atoms with E-state index in [-0.39, 0.29) is 25.0 Å². The van der Waals surface area contributed by atoms with Gasteiger partial charge in [0.1, 0.15) is 13.2 Å². The maximum Gasteiger partial charge on any atom is 0.246 e. The molecule has 0 saturated carbocycles. The fourth-order valence-electron chi connectivity index (χ4n) is 1.15. The second kappa shape index (κ2) is 11.4. The number of carbonyl (C=O) groups excluding carboxylic acids is 2. The van der Waals surface area contributed by atoms with Crippen LogP contribution in [0.5, 0.6) is 0 Å². The highest BCUT2D eigenvalue weighted by molar-refractivity contribution is 5.79. The quantitative estimate of drug-likeness (QED) is 0.559. The summed E-state index contributed by atoms with van der Waals surface area (Å²) >= 11 is 0. The first-order valence-electron chi connectivity index (χ1n) is 6.31. The minimum Gasteiger partial charge on any atom is -0.362 e. The molecule has 0 fully saturated rings. The predicted molar refractivity (Wildman–Crippen MR) is 66.7 cm³/mol. The summed E-state index contributed by atoms with van der Waals surface area (Å²) in [5, 5.41) is 5.43. The maximum atomic E-state index is 11.2. The first kappa shape index (κ1) is 15.9. The van der Waals surface area contributed by atoms with Gasteiger partial charge in [-0.15, -0.1) is 0 Å². The van der Waals surface area contributed by atoms with E-state index in [2.05, 4.69) is 24.5 Å². The second-order valence-electron chi connectivity index (χ2n) is 3.90. The van der Waals surface area contributed by atoms with Crippen LogP contribution in [0.4, 0.5) is 0 Å². The zero-order valence-electron chi connectivity index (χ0n) is 10.9. The lowest BCUT2D eigenvalue weighted by molar-refractivity contribution is -0.130. The van der Waals surface area contributed by atoms with Gasteiger partial charge in [0.15, 0.2) is 0 Å². The molecule has 0 atom stereocenters. The summed E-state index contributed by atoms with van der Waals surface area (Å²) in [6, 6.07) is 0. The van der Waals surface area contributed by atoms with Gasteiger partial charge >= 0.3 is 0 Å². The Morgan fingerprint density at radius 1 is 0.882 bits per heavy atom. The predicted octanol–water partition coefficient (Wildman–Crippen LogP) is 0.836. The van der Waals surface area contributed by atoms with Crippen LogP contribution in [0.15, 0.2) is 0 Å². The van der Waals surface area contributed by atoms with E-state index < -0.39 is 0 Å². The Hall–Kier alpha value is -1.10. The number of rotatable bonds is 10. The van der Waals surface area contributed by atoms with E-state index in [1.54, 1.807) is 0 Å². The Bertz CT molecular complexity index is 198. The van der Waals surface area contributed by atoms with Crippen LogP contribution >= 0.6 is 0 Å². The average molecular weight is 244 g/mol. The first-order chi connectivity index (χ1) is 8.20. The summed E-state index contributed by atoms with van der Waals surface area (Å²) in [6.45, 7) is 5.35. The number of hydrogen-bond acceptors (Lipinski definition) is 3. The molecule has 0 aromatic rings. The topological polar surface area (TPSA) is 67.4 Å². The van der Waals surface area contributed by atoms with Gasteiger partial charge in [-0.3, -0.25) is 9.59 Å². The SMILES string of the molecule is CCCCNC(=O)COCC(=O)NCCCC. The molecule has 0 aromatic carbocycles. The molecule has 2 N–H and O–H groups in total. The van der Waals surface area contributed by atoms with E-state index in [1.807, 2.05) is 0 Å². The van der Waals surface area contributed by atoms with Gasteiger partial charge in [0.05, 0.1) is 0 Å². The van der Waals surface area contributed by atoms with Gasteiger partial charge in [-0.1, -0.05) is 26.7 Å². The van der Waals surface area contributed by atoms with Crippen molar-refractivity contribution >= 4 is 11.8 Å². The number of amides is 2. The lowest BCUT2D eigenvalue weighted by Crippen LogP contribution is -2.32. The molecule has 0 rings (SSSR count). The van der Waals surface area contributed by atoms with Gasteiger partial charge in [0, 0.05) is 13.1 Å². The van der Waals surface area contributed by atoms with Gasteiger partial charge in [-0.25, -0.2) is 0 Å². The molecule has 17 heavy (non-hydrogen) atoms. The van der Waals surface area contributed by atoms with Crippen molar-refractivity contribution in [1.29, 1.82) is 0 Å². The molecule has 0 bridgehead atoms. The van der Waals surface area contributed by atoms with Gasteiger partial charge in [0.25, 0.3) is 0 Å². The molecule has 100 valence electrons. The maximum absolute atomic E-state index is 11.2. The van der Waals surface area contributed by atoms with Crippen LogP contribution in [0.2, 0.25) is 0 Å². The third kappa shape index (κ3) is 11.2. The molecule has 0 spiro atoms. The Labute approximate surface area is 103 Å². The molecular formula is C12H24N2O3. The van der Waals surface area contributed by atoms with Gasteiger partial charge in [-0.05, 0) is 12.8 Å². The van der Waals surface area contributed by atoms with E-state index >= 15 is 0 Å². The second-order valence-corrected chi connectivity index (χ2v) is 3.90. The van der Waals surface area contributed by atoms with Crippen LogP contribution in [-0.2, 0) is 14.3 Å². The smallest absolute Gasteiger partial charge is 0.246 e. The van der Waals surface area contributed by atoms with E-state index in [9.17, 15) is 9.59 Å². The third-order valence-corrected chi connectivity index (χ3v) is 2.17. The van der Waals surface area contributed by atoms with Crippen molar-refractivity contribution in [3.63, 3.8) is 0 Å². The largest absolute Gasteiger partial charge is 0.362 e. The molecule has 2 amide bonds. The summed E-state index contributed by atoms with van der Waals surface area (Å²) in [6.07, 6.45) is 4.01. The summed E-state index contributed by atoms with van der Waals surface area (Å²) in [5.74, 6) is -0.334. The van der Waals surface area contributed by atoms with Crippen LogP contribution in [0.3, 0.4) is 0 Å². The van der Waals surface area contributed by atoms with Gasteiger partial charge in [0.2, 0.25) is 11.8 Å². The standard InChI is InChI=1S/C12H24N2O3/c1-3-5-7-13-11(15)9-17-10-12(16)14-8-6-4-2/h3-10H2,1-2H3,(H,13,15)(H,14,16). The number of unbranched alkanes of at least 4 members (excludes halogenated alkanes) is 2. The molecular weight excluding hydrogens is 220 g/mol. The molecule has 0 aliphatic carbocycles. The summed E-state index contributed by atoms with van der Waals surface area (Å²) in [4.78, 5) is 22.4. The Balaban J connectivity index is 3.36. The van der Waals surface area contributed by atoms with Crippen molar-refractivity contribution in [2.75, 3.05) is 26.3 Å². The highest BCUT2D eigenvalue weighted by atomic mass is 16.5. The van der Waals surface area contributed by atoms with E-state index in [0.717, 1.165) is 25.7 Å². The highest BCUT2D eigenvalue weighted by Crippen LogP contribution is 1.84. The third-order valence-electron chi connectivity index (χ3n) is 2.17. The zero-order chi connectivity index (χ0) is 12.9. The fraction of sp³-hybridized carbons (Fsp3) is 0.833. The molecule has 0 aliphatic rings. The van der Waals surface area contributed by atoms with Crippen LogP contribution in [0, 0.1) is 0 Å². The zero-order valence-corrected chi connectivity index (χ0v) is 10.9. The van der Waals surface area contributed by atoms with Crippen molar-refractivity contribution in [3.8, 4) is 0 Å².